The molecule has 0 unspecified atom stereocenters. The zero-order chi connectivity index (χ0) is 13.1. The quantitative estimate of drug-likeness (QED) is 0.662. The lowest BCUT2D eigenvalue weighted by Crippen LogP contribution is -2.30. The van der Waals surface area contributed by atoms with Gasteiger partial charge < -0.3 is 10.6 Å². The van der Waals surface area contributed by atoms with Crippen LogP contribution in [0.1, 0.15) is 12.8 Å². The van der Waals surface area contributed by atoms with Gasteiger partial charge in [-0.05, 0) is 30.9 Å². The van der Waals surface area contributed by atoms with Gasteiger partial charge in [-0.3, -0.25) is 10.1 Å². The Kier molecular flexibility index (Phi) is 3.81. The van der Waals surface area contributed by atoms with Crippen molar-refractivity contribution in [3.05, 3.63) is 32.8 Å². The molecule has 2 amide bonds. The highest BCUT2D eigenvalue weighted by Gasteiger charge is 2.22. The molecule has 1 aliphatic carbocycles. The van der Waals surface area contributed by atoms with E-state index >= 15 is 0 Å². The van der Waals surface area contributed by atoms with Gasteiger partial charge in [-0.25, -0.2) is 4.79 Å². The van der Waals surface area contributed by atoms with Crippen molar-refractivity contribution in [3.8, 4) is 0 Å². The number of carbonyl (C=O) groups excluding carboxylic acids is 1. The van der Waals surface area contributed by atoms with E-state index < -0.39 is 11.0 Å². The van der Waals surface area contributed by atoms with Crippen molar-refractivity contribution in [1.82, 2.24) is 5.32 Å². The fourth-order valence-electron chi connectivity index (χ4n) is 1.49. The normalized spacial score (nSPS) is 14.1. The number of nitrogens with one attached hydrogen (secondary N) is 2. The highest BCUT2D eigenvalue weighted by molar-refractivity contribution is 9.10. The number of hydrogen-bond acceptors (Lipinski definition) is 3. The second-order valence-electron chi connectivity index (χ2n) is 4.20. The molecule has 0 aromatic heterocycles. The Morgan fingerprint density at radius 1 is 1.50 bits per heavy atom. The molecule has 2 N–H and O–H groups in total. The number of benzene rings is 1. The monoisotopic (exact) mass is 313 g/mol. The largest absolute Gasteiger partial charge is 0.338 e. The first-order chi connectivity index (χ1) is 8.56. The average Bonchev–Trinajstić information content (AvgIpc) is 3.12. The minimum atomic E-state index is -0.527. The molecule has 18 heavy (non-hydrogen) atoms. The van der Waals surface area contributed by atoms with Crippen LogP contribution in [0.15, 0.2) is 22.7 Å². The number of carbonyl (C=O) groups is 1. The van der Waals surface area contributed by atoms with Gasteiger partial charge >= 0.3 is 6.03 Å². The van der Waals surface area contributed by atoms with Gasteiger partial charge in [0.1, 0.15) is 5.69 Å². The van der Waals surface area contributed by atoms with Gasteiger partial charge in [0.25, 0.3) is 5.69 Å². The van der Waals surface area contributed by atoms with Gasteiger partial charge in [0.2, 0.25) is 0 Å². The number of halogens is 1. The highest BCUT2D eigenvalue weighted by Crippen LogP contribution is 2.29. The van der Waals surface area contributed by atoms with Crippen molar-refractivity contribution >= 4 is 33.3 Å². The van der Waals surface area contributed by atoms with Crippen LogP contribution >= 0.6 is 15.9 Å². The third kappa shape index (κ3) is 3.43. The van der Waals surface area contributed by atoms with E-state index in [1.165, 1.54) is 12.1 Å². The summed E-state index contributed by atoms with van der Waals surface area (Å²) in [5.74, 6) is 0.565. The number of amides is 2. The van der Waals surface area contributed by atoms with Crippen LogP contribution in [0.2, 0.25) is 0 Å². The van der Waals surface area contributed by atoms with E-state index in [1.54, 1.807) is 6.07 Å². The maximum Gasteiger partial charge on any atom is 0.319 e. The minimum absolute atomic E-state index is 0.133. The fraction of sp³-hybridized carbons (Fsp3) is 0.364. The molecule has 0 atom stereocenters. The molecule has 1 saturated carbocycles. The molecule has 6 nitrogen and oxygen atoms in total. The number of nitro benzene ring substituents is 1. The van der Waals surface area contributed by atoms with Crippen LogP contribution in [0.3, 0.4) is 0 Å². The van der Waals surface area contributed by atoms with Crippen molar-refractivity contribution in [2.75, 3.05) is 11.9 Å². The van der Waals surface area contributed by atoms with Gasteiger partial charge in [-0.2, -0.15) is 0 Å². The Morgan fingerprint density at radius 2 is 2.22 bits per heavy atom. The van der Waals surface area contributed by atoms with E-state index in [2.05, 4.69) is 26.6 Å². The molecule has 0 spiro atoms. The Morgan fingerprint density at radius 3 is 2.83 bits per heavy atom. The fourth-order valence-corrected chi connectivity index (χ4v) is 1.84. The van der Waals surface area contributed by atoms with Gasteiger partial charge in [0.05, 0.1) is 4.92 Å². The molecule has 1 aromatic carbocycles. The molecule has 0 radical (unpaired) electrons. The van der Waals surface area contributed by atoms with Gasteiger partial charge in [0, 0.05) is 17.1 Å². The van der Waals surface area contributed by atoms with Crippen molar-refractivity contribution < 1.29 is 9.72 Å². The van der Waals surface area contributed by atoms with E-state index in [9.17, 15) is 14.9 Å². The number of nitrogens with zero attached hydrogens (tertiary/aromatic N) is 1. The molecule has 0 saturated heterocycles. The summed E-state index contributed by atoms with van der Waals surface area (Å²) in [5.41, 5.74) is 0.0578. The third-order valence-corrected chi connectivity index (χ3v) is 3.15. The average molecular weight is 314 g/mol. The summed E-state index contributed by atoms with van der Waals surface area (Å²) in [6.45, 7) is 0.621. The zero-order valence-corrected chi connectivity index (χ0v) is 11.1. The molecule has 0 bridgehead atoms. The van der Waals surface area contributed by atoms with Crippen LogP contribution in [-0.2, 0) is 0 Å². The predicted octanol–water partition coefficient (Wildman–Crippen LogP) is 2.89. The van der Waals surface area contributed by atoms with E-state index in [0.29, 0.717) is 16.9 Å². The molecule has 1 fully saturated rings. The van der Waals surface area contributed by atoms with Crippen LogP contribution in [-0.4, -0.2) is 17.5 Å². The van der Waals surface area contributed by atoms with Crippen molar-refractivity contribution in [2.24, 2.45) is 5.92 Å². The summed E-state index contributed by atoms with van der Waals surface area (Å²) in [7, 11) is 0. The molecular weight excluding hydrogens is 302 g/mol. The van der Waals surface area contributed by atoms with E-state index in [4.69, 9.17) is 0 Å². The summed E-state index contributed by atoms with van der Waals surface area (Å²) < 4.78 is 0.595. The van der Waals surface area contributed by atoms with Crippen LogP contribution in [0.4, 0.5) is 16.2 Å². The van der Waals surface area contributed by atoms with Crippen LogP contribution in [0.25, 0.3) is 0 Å². The van der Waals surface area contributed by atoms with E-state index in [-0.39, 0.29) is 11.4 Å². The number of hydrogen-bond donors (Lipinski definition) is 2. The molecule has 1 aromatic rings. The topological polar surface area (TPSA) is 84.3 Å². The highest BCUT2D eigenvalue weighted by atomic mass is 79.9. The maximum atomic E-state index is 11.5. The lowest BCUT2D eigenvalue weighted by atomic mass is 10.3. The van der Waals surface area contributed by atoms with Crippen LogP contribution in [0.5, 0.6) is 0 Å². The first-order valence-electron chi connectivity index (χ1n) is 5.55. The first kappa shape index (κ1) is 12.8. The molecule has 0 heterocycles. The van der Waals surface area contributed by atoms with Crippen molar-refractivity contribution in [2.45, 2.75) is 12.8 Å². The Bertz CT molecular complexity index is 488. The Labute approximate surface area is 112 Å². The standard InChI is InChI=1S/C11H12BrN3O3/c12-8-3-4-9(10(5-8)15(17)18)14-11(16)13-6-7-1-2-7/h3-5,7H,1-2,6H2,(H2,13,14,16). The number of rotatable bonds is 4. The third-order valence-electron chi connectivity index (χ3n) is 2.65. The first-order valence-corrected chi connectivity index (χ1v) is 6.34. The summed E-state index contributed by atoms with van der Waals surface area (Å²) in [6, 6.07) is 4.09. The SMILES string of the molecule is O=C(NCC1CC1)Nc1ccc(Br)cc1[N+](=O)[O-]. The van der Waals surface area contributed by atoms with Crippen molar-refractivity contribution in [1.29, 1.82) is 0 Å². The Hall–Kier alpha value is -1.63. The molecule has 2 rings (SSSR count). The number of anilines is 1. The molecule has 0 aliphatic heterocycles. The van der Waals surface area contributed by atoms with Gasteiger partial charge in [-0.1, -0.05) is 15.9 Å². The summed E-state index contributed by atoms with van der Waals surface area (Å²) >= 11 is 3.16. The molecule has 1 aliphatic rings. The second-order valence-corrected chi connectivity index (χ2v) is 5.11. The zero-order valence-electron chi connectivity index (χ0n) is 9.48. The number of nitro groups is 1. The summed E-state index contributed by atoms with van der Waals surface area (Å²) in [6.07, 6.45) is 2.28. The van der Waals surface area contributed by atoms with E-state index in [1.807, 2.05) is 0 Å². The molecule has 7 heteroatoms. The summed E-state index contributed by atoms with van der Waals surface area (Å²) in [5, 5.41) is 16.0. The lowest BCUT2D eigenvalue weighted by Gasteiger charge is -2.07. The van der Waals surface area contributed by atoms with Gasteiger partial charge in [-0.15, -0.1) is 0 Å². The van der Waals surface area contributed by atoms with Crippen LogP contribution in [0, 0.1) is 16.0 Å². The molecular formula is C11H12BrN3O3. The van der Waals surface area contributed by atoms with Gasteiger partial charge in [0.15, 0.2) is 0 Å². The van der Waals surface area contributed by atoms with Crippen molar-refractivity contribution in [3.63, 3.8) is 0 Å². The number of urea groups is 1. The summed E-state index contributed by atoms with van der Waals surface area (Å²) in [4.78, 5) is 21.9. The molecule has 96 valence electrons. The lowest BCUT2D eigenvalue weighted by molar-refractivity contribution is -0.384. The maximum absolute atomic E-state index is 11.5. The smallest absolute Gasteiger partial charge is 0.319 e. The van der Waals surface area contributed by atoms with E-state index in [0.717, 1.165) is 12.8 Å². The predicted molar refractivity (Wildman–Crippen MR) is 70.5 cm³/mol. The Balaban J connectivity index is 2.02. The minimum Gasteiger partial charge on any atom is -0.338 e. The van der Waals surface area contributed by atoms with Crippen LogP contribution < -0.4 is 10.6 Å². The second kappa shape index (κ2) is 5.34.